The number of carbonyl (C=O) groups is 1. The number of anilines is 3. The van der Waals surface area contributed by atoms with Crippen molar-refractivity contribution in [2.75, 3.05) is 82.0 Å². The number of non-ortho nitro benzene ring substituents is 1. The number of benzene rings is 3. The van der Waals surface area contributed by atoms with Gasteiger partial charge in [0.1, 0.15) is 16.9 Å². The number of piperazine rings is 1. The molecule has 10 rings (SSSR count). The van der Waals surface area contributed by atoms with Crippen molar-refractivity contribution in [3.63, 3.8) is 0 Å². The second-order valence-corrected chi connectivity index (χ2v) is 20.9. The number of nitro benzene ring substituents is 1. The van der Waals surface area contributed by atoms with E-state index in [9.17, 15) is 23.3 Å². The number of carbonyl (C=O) groups excluding carboxylic acids is 1. The maximum Gasteiger partial charge on any atom is 0.294 e. The minimum Gasteiger partial charge on any atom is -0.476 e. The highest BCUT2D eigenvalue weighted by atomic mass is 35.5. The predicted molar refractivity (Wildman–Crippen MR) is 260 cm³/mol. The summed E-state index contributed by atoms with van der Waals surface area (Å²) >= 11 is 6.28. The van der Waals surface area contributed by atoms with Gasteiger partial charge in [-0.1, -0.05) is 43.2 Å². The molecule has 2 fully saturated rings. The molecular formula is C49H54ClN9O7S. The lowest BCUT2D eigenvalue weighted by atomic mass is 9.72. The highest BCUT2D eigenvalue weighted by molar-refractivity contribution is 7.90. The van der Waals surface area contributed by atoms with Crippen LogP contribution in [0.3, 0.4) is 0 Å². The van der Waals surface area contributed by atoms with Crippen molar-refractivity contribution >= 4 is 77.8 Å². The zero-order valence-corrected chi connectivity index (χ0v) is 39.2. The van der Waals surface area contributed by atoms with E-state index >= 15 is 0 Å². The van der Waals surface area contributed by atoms with Gasteiger partial charge in [-0.15, -0.1) is 0 Å². The van der Waals surface area contributed by atoms with Crippen LogP contribution < -0.4 is 19.3 Å². The smallest absolute Gasteiger partial charge is 0.294 e. The molecule has 1 amide bonds. The van der Waals surface area contributed by atoms with E-state index in [2.05, 4.69) is 55.4 Å². The number of rotatable bonds is 11. The molecule has 0 radical (unpaired) electrons. The molecule has 3 aromatic carbocycles. The third kappa shape index (κ3) is 9.48. The summed E-state index contributed by atoms with van der Waals surface area (Å²) in [5, 5.41) is 14.3. The fraction of sp³-hybridized carbons (Fsp3) is 0.388. The van der Waals surface area contributed by atoms with Crippen molar-refractivity contribution in [3.8, 4) is 5.88 Å². The van der Waals surface area contributed by atoms with Crippen LogP contribution in [0.5, 0.6) is 5.88 Å². The van der Waals surface area contributed by atoms with Gasteiger partial charge in [0, 0.05) is 98.3 Å². The lowest BCUT2D eigenvalue weighted by Gasteiger charge is -2.39. The molecule has 16 nitrogen and oxygen atoms in total. The van der Waals surface area contributed by atoms with Gasteiger partial charge >= 0.3 is 0 Å². The number of nitrogens with zero attached hydrogens (tertiary/aromatic N) is 6. The second kappa shape index (κ2) is 18.3. The van der Waals surface area contributed by atoms with E-state index in [1.165, 1.54) is 22.8 Å². The van der Waals surface area contributed by atoms with Crippen molar-refractivity contribution in [1.29, 1.82) is 0 Å². The summed E-state index contributed by atoms with van der Waals surface area (Å²) < 4.78 is 42.3. The average molecular weight is 949 g/mol. The fourth-order valence-electron chi connectivity index (χ4n) is 9.92. The molecule has 4 aliphatic rings. The van der Waals surface area contributed by atoms with E-state index in [4.69, 9.17) is 26.1 Å². The van der Waals surface area contributed by atoms with Crippen LogP contribution in [0.4, 0.5) is 22.7 Å². The predicted octanol–water partition coefficient (Wildman–Crippen LogP) is 8.26. The number of nitrogens with one attached hydrogen (secondary N) is 3. The zero-order chi connectivity index (χ0) is 46.5. The number of hydrogen-bond donors (Lipinski definition) is 3. The van der Waals surface area contributed by atoms with Gasteiger partial charge in [0.05, 0.1) is 40.9 Å². The number of H-pyrrole nitrogens is 2. The third-order valence-corrected chi connectivity index (χ3v) is 15.1. The number of pyridine rings is 1. The molecule has 0 atom stereocenters. The fourth-order valence-corrected chi connectivity index (χ4v) is 11.1. The van der Waals surface area contributed by atoms with E-state index in [1.54, 1.807) is 18.3 Å². The summed E-state index contributed by atoms with van der Waals surface area (Å²) in [5.41, 5.74) is 7.64. The molecule has 1 aliphatic carbocycles. The normalized spacial score (nSPS) is 18.5. The van der Waals surface area contributed by atoms with Gasteiger partial charge in [-0.3, -0.25) is 24.7 Å². The first-order valence-corrected chi connectivity index (χ1v) is 24.8. The Balaban J connectivity index is 0.945. The Morgan fingerprint density at radius 1 is 0.896 bits per heavy atom. The monoisotopic (exact) mass is 947 g/mol. The number of aromatic amines is 2. The summed E-state index contributed by atoms with van der Waals surface area (Å²) in [7, 11) is -4.62. The van der Waals surface area contributed by atoms with Crippen LogP contribution in [-0.2, 0) is 21.3 Å². The van der Waals surface area contributed by atoms with Crippen molar-refractivity contribution < 1.29 is 27.6 Å². The van der Waals surface area contributed by atoms with E-state index in [0.29, 0.717) is 86.4 Å². The highest BCUT2D eigenvalue weighted by Crippen LogP contribution is 2.44. The number of morpholine rings is 1. The number of amides is 1. The van der Waals surface area contributed by atoms with Crippen molar-refractivity contribution in [3.05, 3.63) is 117 Å². The highest BCUT2D eigenvalue weighted by Gasteiger charge is 2.32. The molecule has 350 valence electrons. The molecule has 18 heteroatoms. The first-order valence-electron chi connectivity index (χ1n) is 22.9. The lowest BCUT2D eigenvalue weighted by Crippen LogP contribution is -2.47. The number of fused-ring (bicyclic) bond motifs is 3. The number of hydrogen-bond acceptors (Lipinski definition) is 12. The van der Waals surface area contributed by atoms with Gasteiger partial charge in [0.15, 0.2) is 0 Å². The van der Waals surface area contributed by atoms with Crippen molar-refractivity contribution in [2.45, 2.75) is 51.0 Å². The molecule has 6 heterocycles. The SMILES string of the molecule is CC1(C)CCC(CN2CCN(c3ccc(C(=O)NS(=O)(=O)c4cc([N+](=O)[O-])c5[nH]c(CN6CCOCC6)cc5c4)c(N4CCCOc5nc6[nH]ccc6cc54)c3)CC2)=C(c2ccc(Cl)cc2)C1. The van der Waals surface area contributed by atoms with Gasteiger partial charge in [-0.25, -0.2) is 13.1 Å². The average Bonchev–Trinajstić information content (AvgIpc) is 3.90. The lowest BCUT2D eigenvalue weighted by molar-refractivity contribution is -0.383. The minimum atomic E-state index is -4.62. The van der Waals surface area contributed by atoms with E-state index in [-0.39, 0.29) is 16.5 Å². The molecule has 0 saturated carbocycles. The summed E-state index contributed by atoms with van der Waals surface area (Å²) in [6.07, 6.45) is 5.60. The maximum atomic E-state index is 14.5. The van der Waals surface area contributed by atoms with Gasteiger partial charge in [0.25, 0.3) is 21.6 Å². The van der Waals surface area contributed by atoms with E-state index in [0.717, 1.165) is 74.1 Å². The van der Waals surface area contributed by atoms with Crippen LogP contribution in [0.25, 0.3) is 27.5 Å². The third-order valence-electron chi connectivity index (χ3n) is 13.6. The number of allylic oxidation sites excluding steroid dienone is 1. The number of halogens is 1. The van der Waals surface area contributed by atoms with Crippen LogP contribution in [0.2, 0.25) is 5.02 Å². The number of nitro groups is 1. The maximum absolute atomic E-state index is 14.5. The van der Waals surface area contributed by atoms with E-state index < -0.39 is 31.4 Å². The largest absolute Gasteiger partial charge is 0.476 e. The second-order valence-electron chi connectivity index (χ2n) is 18.8. The Morgan fingerprint density at radius 2 is 1.67 bits per heavy atom. The molecule has 6 aromatic rings. The standard InChI is InChI=1S/C49H54ClN9O7S/c1-49(2)12-10-34(41(29-49)32-4-6-36(50)7-5-32)30-55-15-17-57(18-16-55)38-8-9-40(42(27-38)58-14-3-21-66-48-44(58)26-33-11-13-51-46(33)53-48)47(60)54-67(63,64)39-25-35-24-37(31-56-19-22-65-23-20-56)52-45(35)43(28-39)59(61)62/h4-9,11,13,24-28,52H,3,10,12,14-23,29-31H2,1-2H3,(H,51,53)(H,54,60). The van der Waals surface area contributed by atoms with Gasteiger partial charge < -0.3 is 29.2 Å². The first kappa shape index (κ1) is 44.8. The topological polar surface area (TPSA) is 182 Å². The quantitative estimate of drug-likeness (QED) is 0.0837. The van der Waals surface area contributed by atoms with Crippen LogP contribution >= 0.6 is 11.6 Å². The molecule has 67 heavy (non-hydrogen) atoms. The van der Waals surface area contributed by atoms with Crippen LogP contribution in [0.1, 0.15) is 61.1 Å². The van der Waals surface area contributed by atoms with Crippen molar-refractivity contribution in [1.82, 2.24) is 29.5 Å². The van der Waals surface area contributed by atoms with Crippen molar-refractivity contribution in [2.24, 2.45) is 5.41 Å². The summed E-state index contributed by atoms with van der Waals surface area (Å²) in [5.74, 6) is -0.483. The Hall–Kier alpha value is -5.98. The molecule has 0 unspecified atom stereocenters. The van der Waals surface area contributed by atoms with Crippen LogP contribution in [0, 0.1) is 15.5 Å². The van der Waals surface area contributed by atoms with Crippen LogP contribution in [0.15, 0.2) is 89.5 Å². The molecule has 3 aliphatic heterocycles. The molecule has 0 bridgehead atoms. The minimum absolute atomic E-state index is 0.111. The Kier molecular flexibility index (Phi) is 12.2. The molecule has 2 saturated heterocycles. The molecule has 3 aromatic heterocycles. The molecule has 0 spiro atoms. The first-order chi connectivity index (χ1) is 32.3. The number of ether oxygens (including phenoxy) is 2. The Bertz CT molecular complexity index is 3010. The Labute approximate surface area is 394 Å². The Morgan fingerprint density at radius 3 is 2.45 bits per heavy atom. The van der Waals surface area contributed by atoms with Crippen LogP contribution in [-0.4, -0.2) is 116 Å². The summed E-state index contributed by atoms with van der Waals surface area (Å²) in [6.45, 7) is 12.6. The molecule has 3 N–H and O–H groups in total. The number of sulfonamides is 1. The van der Waals surface area contributed by atoms with Gasteiger partial charge in [-0.05, 0) is 96.8 Å². The summed E-state index contributed by atoms with van der Waals surface area (Å²) in [4.78, 5) is 45.9. The van der Waals surface area contributed by atoms with Gasteiger partial charge in [0.2, 0.25) is 5.88 Å². The zero-order valence-electron chi connectivity index (χ0n) is 37.6. The number of aromatic nitrogens is 3. The van der Waals surface area contributed by atoms with Gasteiger partial charge in [-0.2, -0.15) is 4.98 Å². The molecular weight excluding hydrogens is 894 g/mol. The van der Waals surface area contributed by atoms with E-state index in [1.807, 2.05) is 41.3 Å². The summed E-state index contributed by atoms with van der Waals surface area (Å²) in [6, 6.07) is 21.6.